The summed E-state index contributed by atoms with van der Waals surface area (Å²) in [4.78, 5) is 41.2. The van der Waals surface area contributed by atoms with Crippen molar-refractivity contribution in [1.82, 2.24) is 14.7 Å². The lowest BCUT2D eigenvalue weighted by Gasteiger charge is -2.05. The molecule has 0 saturated heterocycles. The fraction of sp³-hybridized carbons (Fsp3) is 0.238. The van der Waals surface area contributed by atoms with Gasteiger partial charge in [-0.25, -0.2) is 4.98 Å². The number of fused-ring (bicyclic) bond motifs is 1. The van der Waals surface area contributed by atoms with Crippen LogP contribution in [0.1, 0.15) is 44.8 Å². The summed E-state index contributed by atoms with van der Waals surface area (Å²) < 4.78 is 6.53. The van der Waals surface area contributed by atoms with Gasteiger partial charge in [0.1, 0.15) is 0 Å². The number of nitrogens with one attached hydrogen (secondary N) is 2. The topological polar surface area (TPSA) is 102 Å². The van der Waals surface area contributed by atoms with Crippen LogP contribution in [-0.4, -0.2) is 47.2 Å². The van der Waals surface area contributed by atoms with Gasteiger partial charge in [-0.15, -0.1) is 0 Å². The first kappa shape index (κ1) is 20.2. The maximum absolute atomic E-state index is 12.8. The summed E-state index contributed by atoms with van der Waals surface area (Å²) in [6, 6.07) is 11.9. The third kappa shape index (κ3) is 4.67. The van der Waals surface area contributed by atoms with E-state index in [1.54, 1.807) is 60.2 Å². The SMILES string of the molecule is COCCCNC(=O)c1nc(C(=O)Nc2cccc(C(C)=O)c2)n2ccccc12. The first-order valence-corrected chi connectivity index (χ1v) is 9.18. The number of anilines is 1. The Bertz CT molecular complexity index is 1060. The Hall–Kier alpha value is -3.52. The zero-order chi connectivity index (χ0) is 20.8. The number of rotatable bonds is 8. The highest BCUT2D eigenvalue weighted by atomic mass is 16.5. The molecule has 0 aliphatic carbocycles. The third-order valence-corrected chi connectivity index (χ3v) is 4.30. The lowest BCUT2D eigenvalue weighted by atomic mass is 10.1. The van der Waals surface area contributed by atoms with Gasteiger partial charge in [-0.2, -0.15) is 0 Å². The molecule has 3 rings (SSSR count). The summed E-state index contributed by atoms with van der Waals surface area (Å²) in [5.74, 6) is -0.858. The molecule has 2 amide bonds. The fourth-order valence-electron chi connectivity index (χ4n) is 2.87. The molecule has 0 atom stereocenters. The van der Waals surface area contributed by atoms with Crippen LogP contribution in [0.3, 0.4) is 0 Å². The average molecular weight is 394 g/mol. The Morgan fingerprint density at radius 1 is 1.10 bits per heavy atom. The van der Waals surface area contributed by atoms with Crippen molar-refractivity contribution in [3.8, 4) is 0 Å². The van der Waals surface area contributed by atoms with E-state index in [4.69, 9.17) is 4.74 Å². The number of carbonyl (C=O) groups is 3. The predicted molar refractivity (Wildman–Crippen MR) is 108 cm³/mol. The number of amides is 2. The molecule has 29 heavy (non-hydrogen) atoms. The van der Waals surface area contributed by atoms with E-state index in [1.165, 1.54) is 6.92 Å². The van der Waals surface area contributed by atoms with Crippen molar-refractivity contribution in [3.63, 3.8) is 0 Å². The molecule has 2 aromatic heterocycles. The number of Topliss-reactive ketones (excluding diaryl/α,β-unsaturated/α-hetero) is 1. The molecule has 0 bridgehead atoms. The molecular formula is C21H22N4O4. The van der Waals surface area contributed by atoms with Crippen molar-refractivity contribution in [2.75, 3.05) is 25.6 Å². The van der Waals surface area contributed by atoms with Crippen molar-refractivity contribution < 1.29 is 19.1 Å². The number of pyridine rings is 1. The van der Waals surface area contributed by atoms with Crippen LogP contribution < -0.4 is 10.6 Å². The molecule has 2 heterocycles. The van der Waals surface area contributed by atoms with Crippen molar-refractivity contribution >= 4 is 28.8 Å². The van der Waals surface area contributed by atoms with Crippen LogP contribution in [0.4, 0.5) is 5.69 Å². The molecule has 8 heteroatoms. The van der Waals surface area contributed by atoms with Gasteiger partial charge in [-0.05, 0) is 37.6 Å². The van der Waals surface area contributed by atoms with Gasteiger partial charge in [0.05, 0.1) is 5.52 Å². The highest BCUT2D eigenvalue weighted by molar-refractivity contribution is 6.06. The summed E-state index contributed by atoms with van der Waals surface area (Å²) >= 11 is 0. The number of carbonyl (C=O) groups excluding carboxylic acids is 3. The Morgan fingerprint density at radius 3 is 2.69 bits per heavy atom. The summed E-state index contributed by atoms with van der Waals surface area (Å²) in [7, 11) is 1.60. The zero-order valence-corrected chi connectivity index (χ0v) is 16.3. The monoisotopic (exact) mass is 394 g/mol. The van der Waals surface area contributed by atoms with Crippen LogP contribution in [0.2, 0.25) is 0 Å². The number of methoxy groups -OCH3 is 1. The van der Waals surface area contributed by atoms with Crippen LogP contribution >= 0.6 is 0 Å². The summed E-state index contributed by atoms with van der Waals surface area (Å²) in [6.45, 7) is 2.44. The van der Waals surface area contributed by atoms with E-state index < -0.39 is 5.91 Å². The van der Waals surface area contributed by atoms with Gasteiger partial charge >= 0.3 is 0 Å². The molecule has 0 aliphatic heterocycles. The van der Waals surface area contributed by atoms with Gasteiger partial charge in [-0.1, -0.05) is 18.2 Å². The van der Waals surface area contributed by atoms with E-state index in [9.17, 15) is 14.4 Å². The summed E-state index contributed by atoms with van der Waals surface area (Å²) in [5.41, 5.74) is 1.66. The molecule has 2 N–H and O–H groups in total. The maximum Gasteiger partial charge on any atom is 0.292 e. The molecular weight excluding hydrogens is 372 g/mol. The van der Waals surface area contributed by atoms with E-state index in [-0.39, 0.29) is 23.2 Å². The van der Waals surface area contributed by atoms with Crippen molar-refractivity contribution in [1.29, 1.82) is 0 Å². The predicted octanol–water partition coefficient (Wildman–Crippen LogP) is 2.56. The minimum absolute atomic E-state index is 0.0795. The van der Waals surface area contributed by atoms with Crippen molar-refractivity contribution in [3.05, 3.63) is 65.7 Å². The molecule has 0 unspecified atom stereocenters. The highest BCUT2D eigenvalue weighted by Crippen LogP contribution is 2.16. The largest absolute Gasteiger partial charge is 0.385 e. The molecule has 0 aliphatic rings. The molecule has 150 valence electrons. The lowest BCUT2D eigenvalue weighted by molar-refractivity contribution is 0.0944. The molecule has 0 fully saturated rings. The molecule has 1 aromatic carbocycles. The summed E-state index contributed by atoms with van der Waals surface area (Å²) in [5, 5.41) is 5.52. The zero-order valence-electron chi connectivity index (χ0n) is 16.3. The third-order valence-electron chi connectivity index (χ3n) is 4.30. The quantitative estimate of drug-likeness (QED) is 0.452. The Morgan fingerprint density at radius 2 is 1.93 bits per heavy atom. The van der Waals surface area contributed by atoms with Crippen molar-refractivity contribution in [2.24, 2.45) is 0 Å². The van der Waals surface area contributed by atoms with Gasteiger partial charge in [0, 0.05) is 37.7 Å². The number of ether oxygens (including phenoxy) is 1. The highest BCUT2D eigenvalue weighted by Gasteiger charge is 2.21. The minimum Gasteiger partial charge on any atom is -0.385 e. The summed E-state index contributed by atoms with van der Waals surface area (Å²) in [6.07, 6.45) is 2.35. The lowest BCUT2D eigenvalue weighted by Crippen LogP contribution is -2.26. The number of hydrogen-bond acceptors (Lipinski definition) is 5. The molecule has 0 spiro atoms. The average Bonchev–Trinajstić information content (AvgIpc) is 3.11. The molecule has 3 aromatic rings. The second-order valence-electron chi connectivity index (χ2n) is 6.43. The van der Waals surface area contributed by atoms with Gasteiger partial charge in [0.25, 0.3) is 11.8 Å². The van der Waals surface area contributed by atoms with Crippen LogP contribution in [0, 0.1) is 0 Å². The number of imidazole rings is 1. The second kappa shape index (κ2) is 9.11. The van der Waals surface area contributed by atoms with E-state index in [2.05, 4.69) is 15.6 Å². The first-order chi connectivity index (χ1) is 14.0. The normalized spacial score (nSPS) is 10.7. The minimum atomic E-state index is -0.481. The number of aromatic nitrogens is 2. The van der Waals surface area contributed by atoms with E-state index in [0.717, 1.165) is 0 Å². The maximum atomic E-state index is 12.8. The first-order valence-electron chi connectivity index (χ1n) is 9.18. The number of hydrogen-bond donors (Lipinski definition) is 2. The molecule has 8 nitrogen and oxygen atoms in total. The van der Waals surface area contributed by atoms with Crippen LogP contribution in [0.25, 0.3) is 5.52 Å². The molecule has 0 saturated carbocycles. The van der Waals surface area contributed by atoms with E-state index in [1.807, 2.05) is 0 Å². The van der Waals surface area contributed by atoms with Gasteiger partial charge in [-0.3, -0.25) is 18.8 Å². The van der Waals surface area contributed by atoms with Crippen LogP contribution in [0.5, 0.6) is 0 Å². The fourth-order valence-corrected chi connectivity index (χ4v) is 2.87. The standard InChI is InChI=1S/C21H22N4O4/c1-14(26)15-7-5-8-16(13-15)23-21(28)19-24-18(17-9-3-4-11-25(17)19)20(27)22-10-6-12-29-2/h3-5,7-9,11,13H,6,10,12H2,1-2H3,(H,22,27)(H,23,28). The Kier molecular flexibility index (Phi) is 6.36. The number of benzene rings is 1. The van der Waals surface area contributed by atoms with Gasteiger partial charge in [0.2, 0.25) is 5.82 Å². The number of ketones is 1. The molecule has 0 radical (unpaired) electrons. The number of nitrogens with zero attached hydrogens (tertiary/aromatic N) is 2. The van der Waals surface area contributed by atoms with Crippen LogP contribution in [-0.2, 0) is 4.74 Å². The Balaban J connectivity index is 1.86. The van der Waals surface area contributed by atoms with E-state index in [0.29, 0.717) is 36.3 Å². The van der Waals surface area contributed by atoms with Gasteiger partial charge in [0.15, 0.2) is 11.5 Å². The van der Waals surface area contributed by atoms with Crippen molar-refractivity contribution in [2.45, 2.75) is 13.3 Å². The van der Waals surface area contributed by atoms with Gasteiger partial charge < -0.3 is 15.4 Å². The van der Waals surface area contributed by atoms with Crippen LogP contribution in [0.15, 0.2) is 48.7 Å². The van der Waals surface area contributed by atoms with E-state index >= 15 is 0 Å². The second-order valence-corrected chi connectivity index (χ2v) is 6.43. The smallest absolute Gasteiger partial charge is 0.292 e. The Labute approximate surface area is 167 Å².